The van der Waals surface area contributed by atoms with Gasteiger partial charge in [-0.3, -0.25) is 0 Å². The third-order valence-electron chi connectivity index (χ3n) is 5.36. The van der Waals surface area contributed by atoms with Gasteiger partial charge in [-0.15, -0.1) is 11.8 Å². The van der Waals surface area contributed by atoms with Gasteiger partial charge in [-0.05, 0) is 35.7 Å². The quantitative estimate of drug-likeness (QED) is 0.433. The molecule has 0 aliphatic heterocycles. The van der Waals surface area contributed by atoms with E-state index >= 15 is 0 Å². The molecule has 0 N–H and O–H groups in total. The van der Waals surface area contributed by atoms with Crippen LogP contribution in [0.3, 0.4) is 0 Å². The first-order chi connectivity index (χ1) is 15.1. The molecule has 0 amide bonds. The molecule has 170 valence electrons. The second-order valence-corrected chi connectivity index (χ2v) is 15.3. The second-order valence-electron chi connectivity index (χ2n) is 8.94. The van der Waals surface area contributed by atoms with Gasteiger partial charge in [0.1, 0.15) is 11.5 Å². The van der Waals surface area contributed by atoms with Gasteiger partial charge in [0, 0.05) is 12.5 Å². The van der Waals surface area contributed by atoms with Crippen molar-refractivity contribution in [3.05, 3.63) is 60.7 Å². The second kappa shape index (κ2) is 11.5. The van der Waals surface area contributed by atoms with Crippen LogP contribution in [0.1, 0.15) is 47.5 Å². The first-order valence-corrected chi connectivity index (χ1v) is 14.7. The van der Waals surface area contributed by atoms with Gasteiger partial charge >= 0.3 is 0 Å². The van der Waals surface area contributed by atoms with Crippen LogP contribution in [-0.2, 0) is 14.3 Å². The Morgan fingerprint density at radius 1 is 0.875 bits per heavy atom. The third kappa shape index (κ3) is 6.84. The molecule has 0 radical (unpaired) electrons. The molecule has 0 aliphatic rings. The van der Waals surface area contributed by atoms with Crippen LogP contribution in [0.15, 0.2) is 60.7 Å². The minimum absolute atomic E-state index is 0.0156. The zero-order valence-corrected chi connectivity index (χ0v) is 21.6. The lowest BCUT2D eigenvalue weighted by molar-refractivity contribution is 0.198. The van der Waals surface area contributed by atoms with Crippen molar-refractivity contribution in [2.45, 2.75) is 58.6 Å². The molecule has 32 heavy (non-hydrogen) atoms. The molecule has 1 atom stereocenters. The van der Waals surface area contributed by atoms with E-state index in [1.807, 2.05) is 12.1 Å². The van der Waals surface area contributed by atoms with Crippen LogP contribution in [0.4, 0.5) is 0 Å². The predicted octanol–water partition coefficient (Wildman–Crippen LogP) is 4.17. The third-order valence-corrected chi connectivity index (χ3v) is 11.7. The zero-order valence-electron chi connectivity index (χ0n) is 19.8. The maximum absolute atomic E-state index is 11.9. The largest absolute Gasteiger partial charge is 0.405 e. The van der Waals surface area contributed by atoms with Crippen molar-refractivity contribution in [3.63, 3.8) is 0 Å². The van der Waals surface area contributed by atoms with Gasteiger partial charge in [0.25, 0.3) is 8.32 Å². The maximum Gasteiger partial charge on any atom is 0.261 e. The standard InChI is InChI=1S/C27H34O3SSi/c1-6-7-22-31(28,29)23-16-10-11-17-24(2)30-32(27(3,4)5,25-18-12-8-13-19-25)26-20-14-9-15-21-26/h8-9,12-15,18-21,24H,11,17,22-23H2,1-5H3. The van der Waals surface area contributed by atoms with Crippen molar-refractivity contribution in [1.82, 2.24) is 0 Å². The zero-order chi connectivity index (χ0) is 23.7. The summed E-state index contributed by atoms with van der Waals surface area (Å²) in [5.41, 5.74) is 0. The van der Waals surface area contributed by atoms with Gasteiger partial charge < -0.3 is 4.43 Å². The first-order valence-electron chi connectivity index (χ1n) is 11.0. The molecule has 2 aromatic carbocycles. The fraction of sp³-hybridized carbons (Fsp3) is 0.407. The molecule has 0 aliphatic carbocycles. The van der Waals surface area contributed by atoms with E-state index in [-0.39, 0.29) is 22.6 Å². The fourth-order valence-electron chi connectivity index (χ4n) is 3.81. The molecule has 2 aromatic rings. The smallest absolute Gasteiger partial charge is 0.261 e. The van der Waals surface area contributed by atoms with Gasteiger partial charge in [-0.2, -0.15) is 0 Å². The first kappa shape index (κ1) is 25.9. The molecule has 0 saturated heterocycles. The highest BCUT2D eigenvalue weighted by molar-refractivity contribution is 7.91. The summed E-state index contributed by atoms with van der Waals surface area (Å²) in [6.45, 7) is 10.5. The van der Waals surface area contributed by atoms with E-state index in [0.717, 1.165) is 6.42 Å². The Kier molecular flexibility index (Phi) is 9.34. The fourth-order valence-corrected chi connectivity index (χ4v) is 9.33. The van der Waals surface area contributed by atoms with Gasteiger partial charge in [-0.1, -0.05) is 93.3 Å². The van der Waals surface area contributed by atoms with Crippen molar-refractivity contribution >= 4 is 28.5 Å². The molecule has 0 heterocycles. The van der Waals surface area contributed by atoms with Crippen LogP contribution >= 0.6 is 0 Å². The summed E-state index contributed by atoms with van der Waals surface area (Å²) >= 11 is 0. The molecular weight excluding hydrogens is 432 g/mol. The lowest BCUT2D eigenvalue weighted by atomic mass is 10.2. The molecule has 0 saturated carbocycles. The average Bonchev–Trinajstić information content (AvgIpc) is 2.76. The van der Waals surface area contributed by atoms with Crippen molar-refractivity contribution in [2.75, 3.05) is 11.5 Å². The topological polar surface area (TPSA) is 43.4 Å². The lowest BCUT2D eigenvalue weighted by Gasteiger charge is -2.44. The Labute approximate surface area is 195 Å². The highest BCUT2D eigenvalue weighted by atomic mass is 32.2. The predicted molar refractivity (Wildman–Crippen MR) is 137 cm³/mol. The van der Waals surface area contributed by atoms with Crippen molar-refractivity contribution in [3.8, 4) is 23.7 Å². The summed E-state index contributed by atoms with van der Waals surface area (Å²) in [5, 5.41) is 2.42. The van der Waals surface area contributed by atoms with Crippen LogP contribution in [0.25, 0.3) is 0 Å². The van der Waals surface area contributed by atoms with E-state index in [1.54, 1.807) is 6.92 Å². The van der Waals surface area contributed by atoms with Gasteiger partial charge in [0.15, 0.2) is 9.84 Å². The molecule has 5 heteroatoms. The Morgan fingerprint density at radius 3 is 1.84 bits per heavy atom. The molecule has 0 spiro atoms. The Morgan fingerprint density at radius 2 is 1.38 bits per heavy atom. The summed E-state index contributed by atoms with van der Waals surface area (Å²) in [4.78, 5) is 0. The van der Waals surface area contributed by atoms with E-state index < -0.39 is 18.2 Å². The van der Waals surface area contributed by atoms with E-state index in [4.69, 9.17) is 4.43 Å². The van der Waals surface area contributed by atoms with Crippen LogP contribution in [0, 0.1) is 23.7 Å². The molecular formula is C27H34O3SSi. The average molecular weight is 467 g/mol. The van der Waals surface area contributed by atoms with Crippen LogP contribution in [0.5, 0.6) is 0 Å². The molecule has 1 unspecified atom stereocenters. The number of hydrogen-bond donors (Lipinski definition) is 0. The number of benzene rings is 2. The van der Waals surface area contributed by atoms with Gasteiger partial charge in [0.05, 0.1) is 0 Å². The lowest BCUT2D eigenvalue weighted by Crippen LogP contribution is -2.67. The molecule has 0 aromatic heterocycles. The Hall–Kier alpha value is -2.31. The normalized spacial score (nSPS) is 12.8. The minimum atomic E-state index is -3.24. The molecule has 3 nitrogen and oxygen atoms in total. The summed E-state index contributed by atoms with van der Waals surface area (Å²) in [7, 11) is -5.82. The summed E-state index contributed by atoms with van der Waals surface area (Å²) < 4.78 is 30.8. The molecule has 2 rings (SSSR count). The Bertz CT molecular complexity index is 1040. The summed E-state index contributed by atoms with van der Waals surface area (Å²) in [6, 6.07) is 21.1. The number of sulfone groups is 1. The monoisotopic (exact) mass is 466 g/mol. The van der Waals surface area contributed by atoms with E-state index in [0.29, 0.717) is 6.42 Å². The summed E-state index contributed by atoms with van der Waals surface area (Å²) in [5.74, 6) is 10.7. The Balaban J connectivity index is 2.22. The van der Waals surface area contributed by atoms with Gasteiger partial charge in [0.2, 0.25) is 0 Å². The molecule has 0 bridgehead atoms. The number of hydrogen-bond acceptors (Lipinski definition) is 3. The van der Waals surface area contributed by atoms with E-state index in [2.05, 4.69) is 99.9 Å². The van der Waals surface area contributed by atoms with Crippen LogP contribution in [0.2, 0.25) is 5.04 Å². The van der Waals surface area contributed by atoms with Crippen molar-refractivity contribution < 1.29 is 12.8 Å². The minimum Gasteiger partial charge on any atom is -0.405 e. The SMILES string of the molecule is CC#CCS(=O)(=O)CC#CCCC(C)O[Si](c1ccccc1)(c1ccccc1)C(C)(C)C. The van der Waals surface area contributed by atoms with Crippen LogP contribution in [-0.4, -0.2) is 34.3 Å². The maximum atomic E-state index is 11.9. The van der Waals surface area contributed by atoms with Crippen molar-refractivity contribution in [2.24, 2.45) is 0 Å². The van der Waals surface area contributed by atoms with E-state index in [9.17, 15) is 8.42 Å². The van der Waals surface area contributed by atoms with Gasteiger partial charge in [-0.25, -0.2) is 8.42 Å². The van der Waals surface area contributed by atoms with E-state index in [1.165, 1.54) is 10.4 Å². The number of rotatable bonds is 8. The highest BCUT2D eigenvalue weighted by Crippen LogP contribution is 2.37. The molecule has 0 fully saturated rings. The highest BCUT2D eigenvalue weighted by Gasteiger charge is 2.50. The van der Waals surface area contributed by atoms with Crippen molar-refractivity contribution in [1.29, 1.82) is 0 Å². The summed E-state index contributed by atoms with van der Waals surface area (Å²) in [6.07, 6.45) is 1.32. The van der Waals surface area contributed by atoms with Crippen LogP contribution < -0.4 is 10.4 Å².